The van der Waals surface area contributed by atoms with Crippen LogP contribution in [0.1, 0.15) is 44.1 Å². The predicted octanol–water partition coefficient (Wildman–Crippen LogP) is 3.45. The second kappa shape index (κ2) is 7.67. The molecule has 0 saturated heterocycles. The highest BCUT2D eigenvalue weighted by atomic mass is 16.5. The molecule has 0 amide bonds. The molecule has 0 aliphatic rings. The SMILES string of the molecule is CCCCCC(C(=O)O)c1ccc(OC)cc1OC. The summed E-state index contributed by atoms with van der Waals surface area (Å²) in [5.74, 6) is -0.0893. The van der Waals surface area contributed by atoms with Crippen molar-refractivity contribution in [3.8, 4) is 11.5 Å². The van der Waals surface area contributed by atoms with Crippen molar-refractivity contribution >= 4 is 5.97 Å². The van der Waals surface area contributed by atoms with Gasteiger partial charge in [0.05, 0.1) is 20.1 Å². The molecule has 1 N–H and O–H groups in total. The van der Waals surface area contributed by atoms with Gasteiger partial charge < -0.3 is 14.6 Å². The summed E-state index contributed by atoms with van der Waals surface area (Å²) in [5, 5.41) is 9.39. The van der Waals surface area contributed by atoms with E-state index in [0.29, 0.717) is 23.5 Å². The Balaban J connectivity index is 2.97. The minimum atomic E-state index is -0.806. The second-order valence-electron chi connectivity index (χ2n) is 4.49. The molecule has 0 aliphatic carbocycles. The van der Waals surface area contributed by atoms with E-state index in [0.717, 1.165) is 19.3 Å². The number of hydrogen-bond acceptors (Lipinski definition) is 3. The molecule has 0 aliphatic heterocycles. The highest BCUT2D eigenvalue weighted by molar-refractivity contribution is 5.77. The van der Waals surface area contributed by atoms with E-state index in [9.17, 15) is 9.90 Å². The topological polar surface area (TPSA) is 55.8 Å². The molecule has 4 heteroatoms. The first-order valence-electron chi connectivity index (χ1n) is 6.58. The van der Waals surface area contributed by atoms with E-state index in [4.69, 9.17) is 9.47 Å². The standard InChI is InChI=1S/C15H22O4/c1-4-5-6-7-13(15(16)17)12-9-8-11(18-2)10-14(12)19-3/h8-10,13H,4-7H2,1-3H3,(H,16,17). The third-order valence-corrected chi connectivity index (χ3v) is 3.21. The second-order valence-corrected chi connectivity index (χ2v) is 4.49. The minimum Gasteiger partial charge on any atom is -0.497 e. The van der Waals surface area contributed by atoms with Crippen molar-refractivity contribution in [2.24, 2.45) is 0 Å². The molecule has 0 fully saturated rings. The Morgan fingerprint density at radius 2 is 2.00 bits per heavy atom. The van der Waals surface area contributed by atoms with Gasteiger partial charge in [-0.3, -0.25) is 4.79 Å². The van der Waals surface area contributed by atoms with Crippen LogP contribution >= 0.6 is 0 Å². The molecule has 0 saturated carbocycles. The number of methoxy groups -OCH3 is 2. The molecule has 0 radical (unpaired) electrons. The maximum Gasteiger partial charge on any atom is 0.311 e. The number of hydrogen-bond donors (Lipinski definition) is 1. The van der Waals surface area contributed by atoms with Gasteiger partial charge in [-0.2, -0.15) is 0 Å². The van der Waals surface area contributed by atoms with Crippen LogP contribution in [-0.2, 0) is 4.79 Å². The van der Waals surface area contributed by atoms with Gasteiger partial charge in [0.15, 0.2) is 0 Å². The molecule has 0 spiro atoms. The van der Waals surface area contributed by atoms with Gasteiger partial charge in [0.25, 0.3) is 0 Å². The van der Waals surface area contributed by atoms with Gasteiger partial charge in [0, 0.05) is 11.6 Å². The Labute approximate surface area is 114 Å². The first kappa shape index (κ1) is 15.3. The Morgan fingerprint density at radius 1 is 1.26 bits per heavy atom. The molecule has 19 heavy (non-hydrogen) atoms. The zero-order valence-electron chi connectivity index (χ0n) is 11.8. The average Bonchev–Trinajstić information content (AvgIpc) is 2.43. The summed E-state index contributed by atoms with van der Waals surface area (Å²) in [6.07, 6.45) is 3.66. The summed E-state index contributed by atoms with van der Waals surface area (Å²) < 4.78 is 10.4. The average molecular weight is 266 g/mol. The Kier molecular flexibility index (Phi) is 6.19. The highest BCUT2D eigenvalue weighted by Gasteiger charge is 2.23. The van der Waals surface area contributed by atoms with Crippen LogP contribution in [0.25, 0.3) is 0 Å². The van der Waals surface area contributed by atoms with Crippen molar-refractivity contribution in [2.45, 2.75) is 38.5 Å². The molecular weight excluding hydrogens is 244 g/mol. The van der Waals surface area contributed by atoms with Crippen LogP contribution in [0.4, 0.5) is 0 Å². The van der Waals surface area contributed by atoms with Gasteiger partial charge in [-0.1, -0.05) is 32.3 Å². The molecule has 1 aromatic rings. The van der Waals surface area contributed by atoms with Crippen molar-refractivity contribution in [2.75, 3.05) is 14.2 Å². The minimum absolute atomic E-state index is 0.521. The largest absolute Gasteiger partial charge is 0.497 e. The van der Waals surface area contributed by atoms with E-state index >= 15 is 0 Å². The van der Waals surface area contributed by atoms with Gasteiger partial charge in [0.2, 0.25) is 0 Å². The first-order chi connectivity index (χ1) is 9.13. The van der Waals surface area contributed by atoms with Crippen molar-refractivity contribution in [3.63, 3.8) is 0 Å². The molecular formula is C15H22O4. The predicted molar refractivity (Wildman–Crippen MR) is 74.1 cm³/mol. The van der Waals surface area contributed by atoms with E-state index in [1.165, 1.54) is 0 Å². The van der Waals surface area contributed by atoms with E-state index in [2.05, 4.69) is 6.92 Å². The van der Waals surface area contributed by atoms with Crippen LogP contribution in [0.3, 0.4) is 0 Å². The third-order valence-electron chi connectivity index (χ3n) is 3.21. The zero-order valence-corrected chi connectivity index (χ0v) is 11.8. The Morgan fingerprint density at radius 3 is 2.53 bits per heavy atom. The summed E-state index contributed by atoms with van der Waals surface area (Å²) in [6.45, 7) is 2.10. The molecule has 1 aromatic carbocycles. The summed E-state index contributed by atoms with van der Waals surface area (Å²) in [6, 6.07) is 5.28. The first-order valence-corrected chi connectivity index (χ1v) is 6.58. The lowest BCUT2D eigenvalue weighted by Crippen LogP contribution is -2.13. The fourth-order valence-corrected chi connectivity index (χ4v) is 2.12. The van der Waals surface area contributed by atoms with Crippen LogP contribution in [0.5, 0.6) is 11.5 Å². The smallest absolute Gasteiger partial charge is 0.311 e. The van der Waals surface area contributed by atoms with Crippen LogP contribution in [-0.4, -0.2) is 25.3 Å². The van der Waals surface area contributed by atoms with Crippen LogP contribution < -0.4 is 9.47 Å². The van der Waals surface area contributed by atoms with E-state index < -0.39 is 11.9 Å². The molecule has 0 heterocycles. The maximum absolute atomic E-state index is 11.4. The fraction of sp³-hybridized carbons (Fsp3) is 0.533. The van der Waals surface area contributed by atoms with Gasteiger partial charge >= 0.3 is 5.97 Å². The van der Waals surface area contributed by atoms with Crippen LogP contribution in [0, 0.1) is 0 Å². The summed E-state index contributed by atoms with van der Waals surface area (Å²) in [4.78, 5) is 11.4. The third kappa shape index (κ3) is 4.16. The molecule has 1 atom stereocenters. The summed E-state index contributed by atoms with van der Waals surface area (Å²) in [7, 11) is 3.12. The summed E-state index contributed by atoms with van der Waals surface area (Å²) >= 11 is 0. The number of benzene rings is 1. The number of carbonyl (C=O) groups is 1. The molecule has 0 aromatic heterocycles. The Bertz CT molecular complexity index is 415. The highest BCUT2D eigenvalue weighted by Crippen LogP contribution is 2.33. The normalized spacial score (nSPS) is 11.9. The molecule has 1 rings (SSSR count). The number of ether oxygens (including phenoxy) is 2. The van der Waals surface area contributed by atoms with Crippen molar-refractivity contribution in [3.05, 3.63) is 23.8 Å². The van der Waals surface area contributed by atoms with Gasteiger partial charge in [0.1, 0.15) is 11.5 Å². The van der Waals surface area contributed by atoms with E-state index in [-0.39, 0.29) is 0 Å². The maximum atomic E-state index is 11.4. The lowest BCUT2D eigenvalue weighted by atomic mass is 9.92. The molecule has 1 unspecified atom stereocenters. The number of unbranched alkanes of at least 4 members (excludes halogenated alkanes) is 2. The van der Waals surface area contributed by atoms with Gasteiger partial charge in [-0.05, 0) is 12.5 Å². The zero-order chi connectivity index (χ0) is 14.3. The van der Waals surface area contributed by atoms with Crippen molar-refractivity contribution < 1.29 is 19.4 Å². The fourth-order valence-electron chi connectivity index (χ4n) is 2.12. The number of aliphatic carboxylic acids is 1. The van der Waals surface area contributed by atoms with Crippen molar-refractivity contribution in [1.29, 1.82) is 0 Å². The Hall–Kier alpha value is -1.71. The molecule has 4 nitrogen and oxygen atoms in total. The van der Waals surface area contributed by atoms with E-state index in [1.807, 2.05) is 0 Å². The number of rotatable bonds is 8. The van der Waals surface area contributed by atoms with Crippen LogP contribution in [0.2, 0.25) is 0 Å². The lowest BCUT2D eigenvalue weighted by molar-refractivity contribution is -0.139. The quantitative estimate of drug-likeness (QED) is 0.732. The van der Waals surface area contributed by atoms with Gasteiger partial charge in [-0.25, -0.2) is 0 Å². The summed E-state index contributed by atoms with van der Waals surface area (Å²) in [5.41, 5.74) is 0.715. The number of carboxylic acid groups (broad SMARTS) is 1. The van der Waals surface area contributed by atoms with E-state index in [1.54, 1.807) is 32.4 Å². The monoisotopic (exact) mass is 266 g/mol. The lowest BCUT2D eigenvalue weighted by Gasteiger charge is -2.16. The van der Waals surface area contributed by atoms with Crippen LogP contribution in [0.15, 0.2) is 18.2 Å². The number of carboxylic acids is 1. The molecule has 0 bridgehead atoms. The molecule has 106 valence electrons. The van der Waals surface area contributed by atoms with Crippen molar-refractivity contribution in [1.82, 2.24) is 0 Å². The van der Waals surface area contributed by atoms with Gasteiger partial charge in [-0.15, -0.1) is 0 Å².